The molecular weight excluding hydrogens is 525 g/mol. The molecule has 1 aromatic heterocycles. The number of nitrogens with zero attached hydrogens (tertiary/aromatic N) is 4. The van der Waals surface area contributed by atoms with Crippen LogP contribution in [0.5, 0.6) is 0 Å². The smallest absolute Gasteiger partial charge is 0.303 e. The van der Waals surface area contributed by atoms with E-state index in [-0.39, 0.29) is 18.4 Å². The van der Waals surface area contributed by atoms with Crippen molar-refractivity contribution in [2.24, 2.45) is 5.16 Å². The number of nitrogens with one attached hydrogen (secondary N) is 1. The molecule has 3 N–H and O–H groups in total. The number of carbonyl (C=O) groups is 1. The summed E-state index contributed by atoms with van der Waals surface area (Å²) in [5, 5.41) is 33.1. The zero-order chi connectivity index (χ0) is 29.1. The Hall–Kier alpha value is -4.44. The van der Waals surface area contributed by atoms with Crippen molar-refractivity contribution in [2.75, 3.05) is 10.2 Å². The van der Waals surface area contributed by atoms with Gasteiger partial charge in [0.1, 0.15) is 17.7 Å². The van der Waals surface area contributed by atoms with Crippen LogP contribution in [-0.2, 0) is 15.2 Å². The van der Waals surface area contributed by atoms with Crippen molar-refractivity contribution in [1.82, 2.24) is 9.78 Å². The number of rotatable bonds is 10. The minimum absolute atomic E-state index is 0.0768. The molecule has 3 aromatic rings. The Balaban J connectivity index is 1.38. The average molecular weight is 560 g/mol. The fourth-order valence-corrected chi connectivity index (χ4v) is 5.29. The van der Waals surface area contributed by atoms with Gasteiger partial charge in [-0.25, -0.2) is 9.07 Å². The molecule has 2 aliphatic heterocycles. The van der Waals surface area contributed by atoms with E-state index in [0.717, 1.165) is 28.4 Å². The van der Waals surface area contributed by atoms with E-state index in [0.29, 0.717) is 36.9 Å². The van der Waals surface area contributed by atoms with Crippen LogP contribution in [0.15, 0.2) is 72.4 Å². The molecule has 0 bridgehead atoms. The number of hydrogen-bond acceptors (Lipinski definition) is 7. The molecule has 0 saturated heterocycles. The summed E-state index contributed by atoms with van der Waals surface area (Å²) in [6, 6.07) is 13.7. The number of fused-ring (bicyclic) bond motifs is 1. The second-order valence-corrected chi connectivity index (χ2v) is 10.6. The summed E-state index contributed by atoms with van der Waals surface area (Å²) in [4.78, 5) is 18.7. The second kappa shape index (κ2) is 11.6. The van der Waals surface area contributed by atoms with Crippen LogP contribution in [0.1, 0.15) is 67.8 Å². The van der Waals surface area contributed by atoms with Gasteiger partial charge in [-0.05, 0) is 75.6 Å². The predicted octanol–water partition coefficient (Wildman–Crippen LogP) is 5.92. The SMILES string of the molecule is C=CC=Cn1nc(C2(C)CC(c3ccc4c(c3)NC(CCCCC(=O)O)N(c3ccc(F)cc3)C4O)=NO2)cc1C. The van der Waals surface area contributed by atoms with E-state index in [4.69, 9.17) is 9.94 Å². The lowest BCUT2D eigenvalue weighted by Crippen LogP contribution is -2.47. The number of hydrogen-bond donors (Lipinski definition) is 3. The number of carboxylic acid groups (broad SMARTS) is 1. The highest BCUT2D eigenvalue weighted by molar-refractivity contribution is 6.02. The van der Waals surface area contributed by atoms with Gasteiger partial charge in [0.25, 0.3) is 0 Å². The average Bonchev–Trinajstić information content (AvgIpc) is 3.54. The Morgan fingerprint density at radius 2 is 2.02 bits per heavy atom. The number of aliphatic hydroxyl groups excluding tert-OH is 1. The lowest BCUT2D eigenvalue weighted by Gasteiger charge is -2.43. The monoisotopic (exact) mass is 559 g/mol. The molecule has 0 radical (unpaired) electrons. The second-order valence-electron chi connectivity index (χ2n) is 10.6. The number of allylic oxidation sites excluding steroid dienone is 2. The van der Waals surface area contributed by atoms with Crippen LogP contribution in [-0.4, -0.2) is 37.8 Å². The van der Waals surface area contributed by atoms with E-state index in [1.54, 1.807) is 27.8 Å². The Kier molecular flexibility index (Phi) is 7.94. The Bertz CT molecular complexity index is 1500. The predicted molar refractivity (Wildman–Crippen MR) is 156 cm³/mol. The number of aryl methyl sites for hydroxylation is 1. The van der Waals surface area contributed by atoms with Crippen LogP contribution in [0.25, 0.3) is 6.20 Å². The molecule has 0 fully saturated rings. The summed E-state index contributed by atoms with van der Waals surface area (Å²) >= 11 is 0. The van der Waals surface area contributed by atoms with Gasteiger partial charge in [0.05, 0.1) is 5.71 Å². The summed E-state index contributed by atoms with van der Waals surface area (Å²) in [6.07, 6.45) is 6.33. The normalized spacial score (nSPS) is 21.8. The van der Waals surface area contributed by atoms with Crippen molar-refractivity contribution in [3.8, 4) is 0 Å². The number of benzene rings is 2. The third-order valence-corrected chi connectivity index (χ3v) is 7.52. The number of aliphatic carboxylic acids is 1. The minimum Gasteiger partial charge on any atom is -0.481 e. The molecule has 2 aromatic carbocycles. The molecule has 3 heterocycles. The van der Waals surface area contributed by atoms with E-state index in [9.17, 15) is 14.3 Å². The summed E-state index contributed by atoms with van der Waals surface area (Å²) in [5.41, 5.74) is 4.70. The largest absolute Gasteiger partial charge is 0.481 e. The quantitative estimate of drug-likeness (QED) is 0.209. The van der Waals surface area contributed by atoms with Gasteiger partial charge >= 0.3 is 5.97 Å². The van der Waals surface area contributed by atoms with E-state index in [1.165, 1.54) is 12.1 Å². The topological polar surface area (TPSA) is 112 Å². The zero-order valence-electron chi connectivity index (χ0n) is 23.1. The van der Waals surface area contributed by atoms with Gasteiger partial charge in [-0.2, -0.15) is 5.10 Å². The van der Waals surface area contributed by atoms with Crippen LogP contribution in [0.3, 0.4) is 0 Å². The standard InChI is InChI=1S/C31H34FN5O4/c1-4-5-16-36-20(2)17-27(34-36)31(3)19-26(35-41-31)21-10-15-24-25(18-21)33-28(8-6-7-9-29(38)39)37(30(24)40)23-13-11-22(32)12-14-23/h4-5,10-18,28,30,33,40H,1,6-9,19H2,2-3H3,(H,38,39). The lowest BCUT2D eigenvalue weighted by molar-refractivity contribution is -0.137. The zero-order valence-corrected chi connectivity index (χ0v) is 23.1. The van der Waals surface area contributed by atoms with Crippen molar-refractivity contribution < 1.29 is 24.2 Å². The van der Waals surface area contributed by atoms with Gasteiger partial charge in [0, 0.05) is 47.2 Å². The number of aliphatic hydroxyl groups is 1. The number of unbranched alkanes of at least 4 members (excludes halogenated alkanes) is 1. The number of anilines is 2. The highest BCUT2D eigenvalue weighted by Crippen LogP contribution is 2.40. The summed E-state index contributed by atoms with van der Waals surface area (Å²) < 4.78 is 15.4. The molecule has 0 amide bonds. The van der Waals surface area contributed by atoms with Crippen molar-refractivity contribution >= 4 is 29.3 Å². The van der Waals surface area contributed by atoms with Crippen LogP contribution in [0, 0.1) is 12.7 Å². The highest BCUT2D eigenvalue weighted by Gasteiger charge is 2.40. The van der Waals surface area contributed by atoms with Gasteiger partial charge < -0.3 is 25.3 Å². The molecule has 3 unspecified atom stereocenters. The first-order valence-electron chi connectivity index (χ1n) is 13.6. The van der Waals surface area contributed by atoms with Crippen molar-refractivity contribution in [2.45, 2.75) is 63.9 Å². The molecule has 41 heavy (non-hydrogen) atoms. The lowest BCUT2D eigenvalue weighted by atomic mass is 9.91. The first-order chi connectivity index (χ1) is 19.7. The van der Waals surface area contributed by atoms with Gasteiger partial charge in [-0.3, -0.25) is 4.79 Å². The number of halogens is 1. The molecule has 3 atom stereocenters. The van der Waals surface area contributed by atoms with E-state index in [1.807, 2.05) is 50.4 Å². The van der Waals surface area contributed by atoms with Crippen molar-refractivity contribution in [3.05, 3.63) is 95.6 Å². The minimum atomic E-state index is -0.988. The molecule has 9 nitrogen and oxygen atoms in total. The number of oxime groups is 1. The fourth-order valence-electron chi connectivity index (χ4n) is 5.29. The van der Waals surface area contributed by atoms with Gasteiger partial charge in [-0.15, -0.1) is 0 Å². The Labute approximate surface area is 238 Å². The third kappa shape index (κ3) is 5.88. The molecule has 5 rings (SSSR count). The molecule has 10 heteroatoms. The maximum absolute atomic E-state index is 13.7. The maximum Gasteiger partial charge on any atom is 0.303 e. The van der Waals surface area contributed by atoms with Crippen molar-refractivity contribution in [1.29, 1.82) is 0 Å². The molecule has 0 saturated carbocycles. The van der Waals surface area contributed by atoms with Gasteiger partial charge in [0.15, 0.2) is 11.8 Å². The van der Waals surface area contributed by atoms with Crippen LogP contribution in [0.2, 0.25) is 0 Å². The van der Waals surface area contributed by atoms with Crippen LogP contribution in [0.4, 0.5) is 15.8 Å². The van der Waals surface area contributed by atoms with Crippen molar-refractivity contribution in [3.63, 3.8) is 0 Å². The first kappa shape index (κ1) is 28.1. The third-order valence-electron chi connectivity index (χ3n) is 7.52. The summed E-state index contributed by atoms with van der Waals surface area (Å²) in [6.45, 7) is 7.63. The van der Waals surface area contributed by atoms with Gasteiger partial charge in [-0.1, -0.05) is 29.9 Å². The Morgan fingerprint density at radius 3 is 2.76 bits per heavy atom. The molecule has 214 valence electrons. The molecule has 2 aliphatic rings. The first-order valence-corrected chi connectivity index (χ1v) is 13.6. The van der Waals surface area contributed by atoms with E-state index in [2.05, 4.69) is 22.2 Å². The summed E-state index contributed by atoms with van der Waals surface area (Å²) in [7, 11) is 0. The van der Waals surface area contributed by atoms with Crippen LogP contribution >= 0.6 is 0 Å². The van der Waals surface area contributed by atoms with Gasteiger partial charge in [0.2, 0.25) is 0 Å². The number of aromatic nitrogens is 2. The molecule has 0 spiro atoms. The van der Waals surface area contributed by atoms with E-state index >= 15 is 0 Å². The molecular formula is C31H34FN5O4. The maximum atomic E-state index is 13.7. The van der Waals surface area contributed by atoms with Crippen LogP contribution < -0.4 is 10.2 Å². The number of carboxylic acids is 1. The summed E-state index contributed by atoms with van der Waals surface area (Å²) in [5.74, 6) is -1.20. The van der Waals surface area contributed by atoms with E-state index < -0.39 is 17.8 Å². The fraction of sp³-hybridized carbons (Fsp3) is 0.323. The highest BCUT2D eigenvalue weighted by atomic mass is 19.1. The Morgan fingerprint density at radius 1 is 1.24 bits per heavy atom. The molecule has 0 aliphatic carbocycles.